The number of cyclic esters (lactones) is 1. The topological polar surface area (TPSA) is 111 Å². The van der Waals surface area contributed by atoms with Crippen molar-refractivity contribution in [3.05, 3.63) is 58.2 Å². The lowest BCUT2D eigenvalue weighted by atomic mass is 9.77. The molecule has 172 valence electrons. The van der Waals surface area contributed by atoms with Crippen LogP contribution >= 0.6 is 0 Å². The van der Waals surface area contributed by atoms with E-state index in [0.29, 0.717) is 24.4 Å². The zero-order valence-electron chi connectivity index (χ0n) is 18.9. The molecule has 32 heavy (non-hydrogen) atoms. The van der Waals surface area contributed by atoms with Crippen molar-refractivity contribution in [1.29, 1.82) is 0 Å². The molecule has 2 saturated heterocycles. The van der Waals surface area contributed by atoms with E-state index in [1.54, 1.807) is 11.0 Å². The number of fused-ring (bicyclic) bond motifs is 1. The van der Waals surface area contributed by atoms with Crippen LogP contribution in [0, 0.1) is 12.3 Å². The van der Waals surface area contributed by atoms with E-state index in [1.807, 2.05) is 12.1 Å². The van der Waals surface area contributed by atoms with Crippen molar-refractivity contribution in [2.24, 2.45) is 16.9 Å². The van der Waals surface area contributed by atoms with Crippen LogP contribution in [0.3, 0.4) is 0 Å². The molecular weight excluding hydrogens is 408 g/mol. The van der Waals surface area contributed by atoms with Gasteiger partial charge in [-0.1, -0.05) is 6.07 Å². The molecule has 8 nitrogen and oxygen atoms in total. The minimum absolute atomic E-state index is 0.133. The van der Waals surface area contributed by atoms with Crippen molar-refractivity contribution in [2.45, 2.75) is 39.2 Å². The summed E-state index contributed by atoms with van der Waals surface area (Å²) < 4.78 is 10.2. The van der Waals surface area contributed by atoms with E-state index in [2.05, 4.69) is 11.8 Å². The standard InChI is InChI=1S/C24H32N4O4/c1-16-17(3-4-19-20(16)15-32-22(19)29)5-9-27-10-6-24(7-11-27)8-12-28(23(24)30)18(14-25)13-21(26)31-2/h3-4,13-14H,5-12,15,25-26H2,1-2H3/b18-14+,21-13+. The number of methoxy groups -OCH3 is 1. The fourth-order valence-electron chi connectivity index (χ4n) is 5.10. The molecule has 1 amide bonds. The van der Waals surface area contributed by atoms with Crippen LogP contribution in [0.4, 0.5) is 0 Å². The second-order valence-corrected chi connectivity index (χ2v) is 8.87. The molecule has 2 fully saturated rings. The Morgan fingerprint density at radius 2 is 1.94 bits per heavy atom. The summed E-state index contributed by atoms with van der Waals surface area (Å²) in [6.07, 6.45) is 6.45. The number of nitrogens with zero attached hydrogens (tertiary/aromatic N) is 2. The Morgan fingerprint density at radius 1 is 1.22 bits per heavy atom. The van der Waals surface area contributed by atoms with Gasteiger partial charge in [-0.25, -0.2) is 4.79 Å². The predicted molar refractivity (Wildman–Crippen MR) is 120 cm³/mol. The Morgan fingerprint density at radius 3 is 2.62 bits per heavy atom. The number of likely N-dealkylation sites (tertiary alicyclic amines) is 2. The van der Waals surface area contributed by atoms with Gasteiger partial charge in [0.05, 0.1) is 23.8 Å². The van der Waals surface area contributed by atoms with E-state index < -0.39 is 0 Å². The molecule has 0 radical (unpaired) electrons. The highest BCUT2D eigenvalue weighted by Gasteiger charge is 2.48. The molecule has 0 unspecified atom stereocenters. The second kappa shape index (κ2) is 8.86. The van der Waals surface area contributed by atoms with Crippen molar-refractivity contribution >= 4 is 11.9 Å². The number of allylic oxidation sites excluding steroid dienone is 1. The van der Waals surface area contributed by atoms with Gasteiger partial charge in [-0.2, -0.15) is 0 Å². The van der Waals surface area contributed by atoms with Gasteiger partial charge in [-0.3, -0.25) is 4.79 Å². The van der Waals surface area contributed by atoms with Gasteiger partial charge >= 0.3 is 5.97 Å². The maximum absolute atomic E-state index is 13.3. The van der Waals surface area contributed by atoms with Crippen LogP contribution < -0.4 is 11.5 Å². The number of benzene rings is 1. The number of hydrogen-bond donors (Lipinski definition) is 2. The third kappa shape index (κ3) is 3.95. The van der Waals surface area contributed by atoms with E-state index >= 15 is 0 Å². The van der Waals surface area contributed by atoms with E-state index in [-0.39, 0.29) is 23.2 Å². The Balaban J connectivity index is 1.35. The molecule has 0 saturated carbocycles. The first-order chi connectivity index (χ1) is 15.4. The fourth-order valence-corrected chi connectivity index (χ4v) is 5.10. The number of ether oxygens (including phenoxy) is 2. The Kier molecular flexibility index (Phi) is 6.15. The molecular formula is C24H32N4O4. The minimum Gasteiger partial charge on any atom is -0.483 e. The third-order valence-corrected chi connectivity index (χ3v) is 7.31. The first-order valence-electron chi connectivity index (χ1n) is 11.1. The molecule has 3 heterocycles. The number of esters is 1. The molecule has 1 aromatic carbocycles. The molecule has 4 rings (SSSR count). The Labute approximate surface area is 188 Å². The minimum atomic E-state index is -0.318. The largest absolute Gasteiger partial charge is 0.483 e. The first-order valence-corrected chi connectivity index (χ1v) is 11.1. The smallest absolute Gasteiger partial charge is 0.338 e. The summed E-state index contributed by atoms with van der Waals surface area (Å²) in [5, 5.41) is 0. The van der Waals surface area contributed by atoms with E-state index in [4.69, 9.17) is 20.9 Å². The predicted octanol–water partition coefficient (Wildman–Crippen LogP) is 1.77. The van der Waals surface area contributed by atoms with Gasteiger partial charge in [-0.05, 0) is 62.9 Å². The maximum atomic E-state index is 13.3. The lowest BCUT2D eigenvalue weighted by molar-refractivity contribution is -0.136. The summed E-state index contributed by atoms with van der Waals surface area (Å²) in [6, 6.07) is 3.93. The Bertz CT molecular complexity index is 976. The number of carbonyl (C=O) groups excluding carboxylic acids is 2. The highest BCUT2D eigenvalue weighted by molar-refractivity contribution is 5.94. The van der Waals surface area contributed by atoms with E-state index in [1.165, 1.54) is 18.9 Å². The van der Waals surface area contributed by atoms with Crippen LogP contribution in [0.25, 0.3) is 0 Å². The van der Waals surface area contributed by atoms with Crippen molar-refractivity contribution < 1.29 is 19.1 Å². The fraction of sp³-hybridized carbons (Fsp3) is 0.500. The summed E-state index contributed by atoms with van der Waals surface area (Å²) in [4.78, 5) is 29.2. The summed E-state index contributed by atoms with van der Waals surface area (Å²) in [7, 11) is 1.49. The van der Waals surface area contributed by atoms with Gasteiger partial charge < -0.3 is 30.7 Å². The molecule has 3 aliphatic rings. The molecule has 8 heteroatoms. The van der Waals surface area contributed by atoms with Crippen molar-refractivity contribution in [1.82, 2.24) is 9.80 Å². The number of piperidine rings is 1. The van der Waals surface area contributed by atoms with Crippen molar-refractivity contribution in [3.63, 3.8) is 0 Å². The van der Waals surface area contributed by atoms with Gasteiger partial charge in [0.2, 0.25) is 5.91 Å². The first kappa shape index (κ1) is 22.2. The molecule has 3 aliphatic heterocycles. The third-order valence-electron chi connectivity index (χ3n) is 7.31. The van der Waals surface area contributed by atoms with Crippen LogP contribution in [0.15, 0.2) is 36.0 Å². The Hall–Kier alpha value is -3.00. The number of rotatable bonds is 6. The van der Waals surface area contributed by atoms with Crippen LogP contribution in [0.5, 0.6) is 0 Å². The second-order valence-electron chi connectivity index (χ2n) is 8.87. The summed E-state index contributed by atoms with van der Waals surface area (Å²) in [5.74, 6) is 0.135. The monoisotopic (exact) mass is 440 g/mol. The number of amides is 1. The molecule has 0 bridgehead atoms. The van der Waals surface area contributed by atoms with E-state index in [0.717, 1.165) is 56.4 Å². The summed E-state index contributed by atoms with van der Waals surface area (Å²) in [6.45, 7) is 5.81. The molecule has 0 aliphatic carbocycles. The molecule has 1 spiro atoms. The number of hydrogen-bond acceptors (Lipinski definition) is 7. The average molecular weight is 441 g/mol. The maximum Gasteiger partial charge on any atom is 0.338 e. The number of nitrogens with two attached hydrogens (primary N) is 2. The zero-order valence-corrected chi connectivity index (χ0v) is 18.9. The zero-order chi connectivity index (χ0) is 22.9. The average Bonchev–Trinajstić information content (AvgIpc) is 3.33. The summed E-state index contributed by atoms with van der Waals surface area (Å²) >= 11 is 0. The van der Waals surface area contributed by atoms with E-state index in [9.17, 15) is 9.59 Å². The van der Waals surface area contributed by atoms with Crippen molar-refractivity contribution in [3.8, 4) is 0 Å². The normalized spacial score (nSPS) is 21.2. The number of carbonyl (C=O) groups is 2. The van der Waals surface area contributed by atoms with Gasteiger partial charge in [-0.15, -0.1) is 0 Å². The highest BCUT2D eigenvalue weighted by atomic mass is 16.5. The van der Waals surface area contributed by atoms with Gasteiger partial charge in [0.25, 0.3) is 0 Å². The molecule has 1 aromatic rings. The van der Waals surface area contributed by atoms with Crippen LogP contribution in [-0.2, 0) is 27.3 Å². The highest BCUT2D eigenvalue weighted by Crippen LogP contribution is 2.43. The molecule has 0 aromatic heterocycles. The lowest BCUT2D eigenvalue weighted by Crippen LogP contribution is -2.45. The van der Waals surface area contributed by atoms with Gasteiger partial charge in [0.1, 0.15) is 6.61 Å². The van der Waals surface area contributed by atoms with Crippen LogP contribution in [0.2, 0.25) is 0 Å². The van der Waals surface area contributed by atoms with Crippen molar-refractivity contribution in [2.75, 3.05) is 33.3 Å². The lowest BCUT2D eigenvalue weighted by Gasteiger charge is -2.38. The molecule has 0 atom stereocenters. The SMILES string of the molecule is CO/C(N)=C/C(=C\N)N1CCC2(CCN(CCc3ccc4c(c3C)COC4=O)CC2)C1=O. The quantitative estimate of drug-likeness (QED) is 0.394. The van der Waals surface area contributed by atoms with Gasteiger partial charge in [0.15, 0.2) is 5.88 Å². The summed E-state index contributed by atoms with van der Waals surface area (Å²) in [5.41, 5.74) is 15.9. The van der Waals surface area contributed by atoms with Crippen LogP contribution in [0.1, 0.15) is 46.3 Å². The van der Waals surface area contributed by atoms with Crippen LogP contribution in [-0.4, -0.2) is 55.0 Å². The molecule has 4 N–H and O–H groups in total. The van der Waals surface area contributed by atoms with Gasteiger partial charge in [0, 0.05) is 30.9 Å².